The second-order valence-electron chi connectivity index (χ2n) is 4.11. The van der Waals surface area contributed by atoms with Crippen LogP contribution in [0.5, 0.6) is 0 Å². The van der Waals surface area contributed by atoms with Gasteiger partial charge in [-0.05, 0) is 31.1 Å². The van der Waals surface area contributed by atoms with E-state index < -0.39 is 0 Å². The fourth-order valence-corrected chi connectivity index (χ4v) is 1.84. The van der Waals surface area contributed by atoms with Gasteiger partial charge in [0.05, 0.1) is 0 Å². The highest BCUT2D eigenvalue weighted by Gasteiger charge is 2.07. The summed E-state index contributed by atoms with van der Waals surface area (Å²) in [7, 11) is 0. The van der Waals surface area contributed by atoms with Crippen LogP contribution in [-0.2, 0) is 17.8 Å². The molecular formula is C14H21NO. The van der Waals surface area contributed by atoms with Crippen LogP contribution in [-0.4, -0.2) is 23.8 Å². The van der Waals surface area contributed by atoms with E-state index >= 15 is 0 Å². The highest BCUT2D eigenvalue weighted by atomic mass is 16.1. The van der Waals surface area contributed by atoms with Crippen molar-refractivity contribution < 1.29 is 4.79 Å². The lowest BCUT2D eigenvalue weighted by Gasteiger charge is -2.19. The number of Topliss-reactive ketones (excluding diaryl/α,β-unsaturated/α-hetero) is 1. The van der Waals surface area contributed by atoms with Crippen molar-refractivity contribution in [3.63, 3.8) is 0 Å². The Hall–Kier alpha value is -1.15. The molecule has 88 valence electrons. The minimum absolute atomic E-state index is 0.229. The fourth-order valence-electron chi connectivity index (χ4n) is 1.84. The van der Waals surface area contributed by atoms with E-state index in [1.54, 1.807) is 6.92 Å². The Balaban J connectivity index is 2.81. The third kappa shape index (κ3) is 3.78. The van der Waals surface area contributed by atoms with Gasteiger partial charge in [0.2, 0.25) is 0 Å². The largest absolute Gasteiger partial charge is 0.300 e. The van der Waals surface area contributed by atoms with E-state index in [2.05, 4.69) is 30.9 Å². The topological polar surface area (TPSA) is 20.3 Å². The number of rotatable bonds is 6. The molecule has 0 aliphatic rings. The van der Waals surface area contributed by atoms with Crippen LogP contribution in [0, 0.1) is 0 Å². The molecule has 0 heterocycles. The predicted molar refractivity (Wildman–Crippen MR) is 67.5 cm³/mol. The summed E-state index contributed by atoms with van der Waals surface area (Å²) in [4.78, 5) is 13.5. The van der Waals surface area contributed by atoms with Crippen LogP contribution in [0.15, 0.2) is 24.3 Å². The van der Waals surface area contributed by atoms with Crippen molar-refractivity contribution in [2.24, 2.45) is 0 Å². The van der Waals surface area contributed by atoms with E-state index in [4.69, 9.17) is 0 Å². The molecule has 0 fully saturated rings. The Kier molecular flexibility index (Phi) is 5.20. The Labute approximate surface area is 98.3 Å². The first kappa shape index (κ1) is 12.9. The van der Waals surface area contributed by atoms with Crippen molar-refractivity contribution in [1.29, 1.82) is 0 Å². The van der Waals surface area contributed by atoms with E-state index in [0.29, 0.717) is 6.42 Å². The van der Waals surface area contributed by atoms with Crippen molar-refractivity contribution >= 4 is 5.78 Å². The van der Waals surface area contributed by atoms with Crippen LogP contribution >= 0.6 is 0 Å². The molecule has 0 unspecified atom stereocenters. The number of carbonyl (C=O) groups is 1. The summed E-state index contributed by atoms with van der Waals surface area (Å²) in [6, 6.07) is 8.23. The summed E-state index contributed by atoms with van der Waals surface area (Å²) in [5.41, 5.74) is 2.45. The zero-order valence-corrected chi connectivity index (χ0v) is 10.5. The van der Waals surface area contributed by atoms with Gasteiger partial charge in [0.15, 0.2) is 0 Å². The normalized spacial score (nSPS) is 10.8. The van der Waals surface area contributed by atoms with Gasteiger partial charge in [-0.3, -0.25) is 9.69 Å². The molecule has 0 N–H and O–H groups in total. The molecule has 0 aliphatic carbocycles. The molecule has 0 saturated heterocycles. The first-order valence-corrected chi connectivity index (χ1v) is 5.96. The summed E-state index contributed by atoms with van der Waals surface area (Å²) in [6.45, 7) is 9.01. The maximum absolute atomic E-state index is 11.2. The van der Waals surface area contributed by atoms with E-state index in [1.165, 1.54) is 11.1 Å². The van der Waals surface area contributed by atoms with Crippen LogP contribution in [0.3, 0.4) is 0 Å². The van der Waals surface area contributed by atoms with E-state index in [1.807, 2.05) is 12.1 Å². The SMILES string of the molecule is CCN(CC)Cc1ccccc1CC(C)=O. The molecule has 0 amide bonds. The lowest BCUT2D eigenvalue weighted by Crippen LogP contribution is -2.23. The first-order valence-electron chi connectivity index (χ1n) is 5.96. The third-order valence-corrected chi connectivity index (χ3v) is 2.85. The fraction of sp³-hybridized carbons (Fsp3) is 0.500. The van der Waals surface area contributed by atoms with Crippen LogP contribution in [0.2, 0.25) is 0 Å². The lowest BCUT2D eigenvalue weighted by atomic mass is 10.0. The minimum Gasteiger partial charge on any atom is -0.300 e. The van der Waals surface area contributed by atoms with Crippen LogP contribution in [0.25, 0.3) is 0 Å². The molecule has 0 radical (unpaired) electrons. The van der Waals surface area contributed by atoms with Gasteiger partial charge in [-0.2, -0.15) is 0 Å². The minimum atomic E-state index is 0.229. The molecule has 0 bridgehead atoms. The van der Waals surface area contributed by atoms with Gasteiger partial charge in [-0.1, -0.05) is 38.1 Å². The maximum atomic E-state index is 11.2. The third-order valence-electron chi connectivity index (χ3n) is 2.85. The smallest absolute Gasteiger partial charge is 0.134 e. The molecular weight excluding hydrogens is 198 g/mol. The van der Waals surface area contributed by atoms with E-state index in [-0.39, 0.29) is 5.78 Å². The molecule has 0 saturated carbocycles. The van der Waals surface area contributed by atoms with E-state index in [9.17, 15) is 4.79 Å². The molecule has 0 aliphatic heterocycles. The van der Waals surface area contributed by atoms with Gasteiger partial charge in [-0.25, -0.2) is 0 Å². The quantitative estimate of drug-likeness (QED) is 0.733. The number of hydrogen-bond acceptors (Lipinski definition) is 2. The van der Waals surface area contributed by atoms with Crippen molar-refractivity contribution in [3.05, 3.63) is 35.4 Å². The Morgan fingerprint density at radius 3 is 2.19 bits per heavy atom. The second-order valence-corrected chi connectivity index (χ2v) is 4.11. The molecule has 2 nitrogen and oxygen atoms in total. The molecule has 16 heavy (non-hydrogen) atoms. The van der Waals surface area contributed by atoms with Gasteiger partial charge in [0.25, 0.3) is 0 Å². The van der Waals surface area contributed by atoms with Gasteiger partial charge in [0, 0.05) is 13.0 Å². The number of ketones is 1. The number of benzene rings is 1. The Morgan fingerprint density at radius 1 is 1.12 bits per heavy atom. The van der Waals surface area contributed by atoms with Crippen molar-refractivity contribution in [2.75, 3.05) is 13.1 Å². The number of carbonyl (C=O) groups excluding carboxylic acids is 1. The Bertz CT molecular complexity index is 342. The van der Waals surface area contributed by atoms with Gasteiger partial charge in [-0.15, -0.1) is 0 Å². The summed E-state index contributed by atoms with van der Waals surface area (Å²) in [5.74, 6) is 0.229. The highest BCUT2D eigenvalue weighted by molar-refractivity contribution is 5.78. The second kappa shape index (κ2) is 6.44. The zero-order chi connectivity index (χ0) is 12.0. The zero-order valence-electron chi connectivity index (χ0n) is 10.5. The van der Waals surface area contributed by atoms with Gasteiger partial charge in [0.1, 0.15) is 5.78 Å². The molecule has 2 heteroatoms. The lowest BCUT2D eigenvalue weighted by molar-refractivity contribution is -0.116. The number of hydrogen-bond donors (Lipinski definition) is 0. The molecule has 1 rings (SSSR count). The first-order chi connectivity index (χ1) is 7.67. The van der Waals surface area contributed by atoms with Crippen LogP contribution in [0.4, 0.5) is 0 Å². The van der Waals surface area contributed by atoms with E-state index in [0.717, 1.165) is 19.6 Å². The number of nitrogens with zero attached hydrogens (tertiary/aromatic N) is 1. The Morgan fingerprint density at radius 2 is 1.69 bits per heavy atom. The monoisotopic (exact) mass is 219 g/mol. The summed E-state index contributed by atoms with van der Waals surface area (Å²) in [6.07, 6.45) is 0.553. The molecule has 1 aromatic rings. The van der Waals surface area contributed by atoms with Crippen molar-refractivity contribution in [2.45, 2.75) is 33.7 Å². The maximum Gasteiger partial charge on any atom is 0.134 e. The molecule has 0 atom stereocenters. The van der Waals surface area contributed by atoms with Crippen LogP contribution in [0.1, 0.15) is 31.9 Å². The standard InChI is InChI=1S/C14H21NO/c1-4-15(5-2)11-14-9-7-6-8-13(14)10-12(3)16/h6-9H,4-5,10-11H2,1-3H3. The van der Waals surface area contributed by atoms with Gasteiger partial charge >= 0.3 is 0 Å². The highest BCUT2D eigenvalue weighted by Crippen LogP contribution is 2.12. The summed E-state index contributed by atoms with van der Waals surface area (Å²) in [5, 5.41) is 0. The van der Waals surface area contributed by atoms with Crippen molar-refractivity contribution in [3.8, 4) is 0 Å². The molecule has 0 spiro atoms. The van der Waals surface area contributed by atoms with Gasteiger partial charge < -0.3 is 0 Å². The average molecular weight is 219 g/mol. The molecule has 0 aromatic heterocycles. The summed E-state index contributed by atoms with van der Waals surface area (Å²) >= 11 is 0. The van der Waals surface area contributed by atoms with Crippen LogP contribution < -0.4 is 0 Å². The average Bonchev–Trinajstić information content (AvgIpc) is 2.27. The van der Waals surface area contributed by atoms with Crippen molar-refractivity contribution in [1.82, 2.24) is 4.90 Å². The summed E-state index contributed by atoms with van der Waals surface area (Å²) < 4.78 is 0. The predicted octanol–water partition coefficient (Wildman–Crippen LogP) is 2.66. The molecule has 1 aromatic carbocycles.